The summed E-state index contributed by atoms with van der Waals surface area (Å²) < 4.78 is 43.8. The van der Waals surface area contributed by atoms with E-state index in [9.17, 15) is 8.42 Å². The third kappa shape index (κ3) is 8.55. The summed E-state index contributed by atoms with van der Waals surface area (Å²) in [5.41, 5.74) is 2.31. The molecule has 0 heterocycles. The van der Waals surface area contributed by atoms with Crippen LogP contribution in [0.15, 0.2) is 48.0 Å². The second-order valence-electron chi connectivity index (χ2n) is 3.65. The second kappa shape index (κ2) is 9.61. The molecule has 1 aromatic carbocycles. The molecule has 0 atom stereocenters. The molecule has 0 unspecified atom stereocenters. The molecule has 0 aliphatic heterocycles. The molecule has 0 amide bonds. The zero-order valence-electron chi connectivity index (χ0n) is 12.2. The highest BCUT2D eigenvalue weighted by molar-refractivity contribution is 7.88. The van der Waals surface area contributed by atoms with Gasteiger partial charge in [0.05, 0.1) is 5.41 Å². The van der Waals surface area contributed by atoms with Crippen LogP contribution < -0.4 is 0 Å². The van der Waals surface area contributed by atoms with Crippen LogP contribution >= 0.6 is 0 Å². The van der Waals surface area contributed by atoms with Crippen molar-refractivity contribution < 1.29 is 26.2 Å². The third-order valence-corrected chi connectivity index (χ3v) is 5.02. The number of rotatable bonds is 6. The van der Waals surface area contributed by atoms with E-state index in [1.165, 1.54) is 6.08 Å². The van der Waals surface area contributed by atoms with Gasteiger partial charge in [-0.3, -0.25) is 4.55 Å². The highest BCUT2D eigenvalue weighted by atomic mass is 32.2. The second-order valence-corrected chi connectivity index (χ2v) is 7.79. The van der Waals surface area contributed by atoms with E-state index in [1.54, 1.807) is 51.3 Å². The highest BCUT2D eigenvalue weighted by Gasteiger charge is 2.33. The lowest BCUT2D eigenvalue weighted by Crippen LogP contribution is -2.40. The normalized spacial score (nSPS) is 11.8. The van der Waals surface area contributed by atoms with Gasteiger partial charge in [0.25, 0.3) is 10.1 Å². The number of hydrogen-bond acceptors (Lipinski definition) is 5. The van der Waals surface area contributed by atoms with Gasteiger partial charge in [-0.2, -0.15) is 8.42 Å². The topological polar surface area (TPSA) is 82.1 Å². The first-order valence-electron chi connectivity index (χ1n) is 5.82. The zero-order chi connectivity index (χ0) is 16.4. The molecule has 0 saturated carbocycles. The molecular weight excluding hydrogens is 312 g/mol. The van der Waals surface area contributed by atoms with Gasteiger partial charge in [0.15, 0.2) is 0 Å². The Bertz CT molecular complexity index is 529. The molecule has 0 aliphatic carbocycles. The van der Waals surface area contributed by atoms with Gasteiger partial charge in [-0.05, 0) is 17.3 Å². The maximum atomic E-state index is 10.3. The van der Waals surface area contributed by atoms with Gasteiger partial charge >= 0.3 is 8.80 Å². The lowest BCUT2D eigenvalue weighted by molar-refractivity contribution is 0.138. The number of hydrogen-bond donors (Lipinski definition) is 1. The van der Waals surface area contributed by atoms with E-state index in [1.807, 2.05) is 6.07 Å². The Morgan fingerprint density at radius 1 is 1.10 bits per heavy atom. The van der Waals surface area contributed by atoms with Gasteiger partial charge in [-0.1, -0.05) is 36.9 Å². The predicted molar refractivity (Wildman–Crippen MR) is 84.0 cm³/mol. The molecule has 0 fully saturated rings. The van der Waals surface area contributed by atoms with Gasteiger partial charge in [0.1, 0.15) is 0 Å². The van der Waals surface area contributed by atoms with E-state index < -0.39 is 18.9 Å². The van der Waals surface area contributed by atoms with Crippen LogP contribution in [0.3, 0.4) is 0 Å². The smallest absolute Gasteiger partial charge is 0.374 e. The molecule has 1 aromatic rings. The summed E-state index contributed by atoms with van der Waals surface area (Å²) in [6, 6.07) is 8.86. The van der Waals surface area contributed by atoms with Crippen molar-refractivity contribution in [3.05, 3.63) is 53.6 Å². The molecule has 21 heavy (non-hydrogen) atoms. The van der Waals surface area contributed by atoms with Gasteiger partial charge < -0.3 is 13.3 Å². The Labute approximate surface area is 126 Å². The van der Waals surface area contributed by atoms with Crippen LogP contribution in [0.4, 0.5) is 0 Å². The van der Waals surface area contributed by atoms with E-state index >= 15 is 0 Å². The Morgan fingerprint density at radius 3 is 1.86 bits per heavy atom. The first kappa shape index (κ1) is 19.7. The lowest BCUT2D eigenvalue weighted by atomic mass is 10.2. The fraction of sp³-hybridized carbons (Fsp3) is 0.231. The minimum Gasteiger partial charge on any atom is -0.374 e. The third-order valence-electron chi connectivity index (χ3n) is 2.34. The molecule has 0 radical (unpaired) electrons. The van der Waals surface area contributed by atoms with Crippen molar-refractivity contribution in [1.82, 2.24) is 0 Å². The van der Waals surface area contributed by atoms with Crippen molar-refractivity contribution >= 4 is 25.0 Å². The SMILES string of the molecule is C=C[Si](OC)(OC)OC.O=S(=O)(O)C=Cc1ccccc1. The Balaban J connectivity index is 0.000000400. The van der Waals surface area contributed by atoms with Gasteiger partial charge in [0, 0.05) is 21.3 Å². The van der Waals surface area contributed by atoms with Crippen LogP contribution in [-0.4, -0.2) is 43.1 Å². The first-order valence-corrected chi connectivity index (χ1v) is 9.12. The van der Waals surface area contributed by atoms with E-state index in [-0.39, 0.29) is 0 Å². The molecule has 6 nitrogen and oxygen atoms in total. The predicted octanol–water partition coefficient (Wildman–Crippen LogP) is 2.13. The van der Waals surface area contributed by atoms with Gasteiger partial charge in [0.2, 0.25) is 0 Å². The summed E-state index contributed by atoms with van der Waals surface area (Å²) in [5, 5.41) is 0.752. The summed E-state index contributed by atoms with van der Waals surface area (Å²) in [4.78, 5) is 0. The van der Waals surface area contributed by atoms with Crippen molar-refractivity contribution in [2.75, 3.05) is 21.3 Å². The molecule has 0 saturated heterocycles. The van der Waals surface area contributed by atoms with Crippen LogP contribution in [-0.2, 0) is 23.4 Å². The van der Waals surface area contributed by atoms with E-state index in [2.05, 4.69) is 6.58 Å². The largest absolute Gasteiger partial charge is 0.528 e. The van der Waals surface area contributed by atoms with Crippen molar-refractivity contribution in [3.8, 4) is 0 Å². The van der Waals surface area contributed by atoms with Crippen molar-refractivity contribution in [3.63, 3.8) is 0 Å². The highest BCUT2D eigenvalue weighted by Crippen LogP contribution is 2.05. The molecule has 0 aliphatic rings. The molecule has 0 spiro atoms. The summed E-state index contributed by atoms with van der Waals surface area (Å²) in [7, 11) is -1.80. The Morgan fingerprint density at radius 2 is 1.57 bits per heavy atom. The van der Waals surface area contributed by atoms with Gasteiger partial charge in [-0.15, -0.1) is 0 Å². The molecule has 1 rings (SSSR count). The maximum Gasteiger partial charge on any atom is 0.528 e. The molecule has 1 N–H and O–H groups in total. The summed E-state index contributed by atoms with van der Waals surface area (Å²) >= 11 is 0. The zero-order valence-corrected chi connectivity index (χ0v) is 14.0. The fourth-order valence-corrected chi connectivity index (χ4v) is 2.56. The van der Waals surface area contributed by atoms with E-state index in [0.29, 0.717) is 0 Å². The first-order chi connectivity index (χ1) is 9.82. The summed E-state index contributed by atoms with van der Waals surface area (Å²) in [5.74, 6) is 0. The van der Waals surface area contributed by atoms with Crippen LogP contribution in [0.2, 0.25) is 0 Å². The monoisotopic (exact) mass is 332 g/mol. The average molecular weight is 332 g/mol. The number of benzene rings is 1. The van der Waals surface area contributed by atoms with Crippen molar-refractivity contribution in [2.24, 2.45) is 0 Å². The van der Waals surface area contributed by atoms with E-state index in [0.717, 1.165) is 11.0 Å². The summed E-state index contributed by atoms with van der Waals surface area (Å²) in [6.45, 7) is 3.53. The minimum absolute atomic E-state index is 0.732. The Hall–Kier alpha value is -1.29. The van der Waals surface area contributed by atoms with Gasteiger partial charge in [-0.25, -0.2) is 0 Å². The van der Waals surface area contributed by atoms with E-state index in [4.69, 9.17) is 17.8 Å². The standard InChI is InChI=1S/C8H8O3S.C5H12O3Si/c9-12(10,11)7-6-8-4-2-1-3-5-8;1-5-9(6-2,7-3)8-4/h1-7H,(H,9,10,11);5H,1H2,2-4H3. The molecular formula is C13H20O6SSi. The molecule has 0 bridgehead atoms. The maximum absolute atomic E-state index is 10.3. The Kier molecular flexibility index (Phi) is 9.02. The quantitative estimate of drug-likeness (QED) is 0.635. The lowest BCUT2D eigenvalue weighted by Gasteiger charge is -2.19. The van der Waals surface area contributed by atoms with Crippen molar-refractivity contribution in [2.45, 2.75) is 0 Å². The van der Waals surface area contributed by atoms with Crippen LogP contribution in [0.5, 0.6) is 0 Å². The minimum atomic E-state index is -4.00. The van der Waals surface area contributed by atoms with Crippen molar-refractivity contribution in [1.29, 1.82) is 0 Å². The molecule has 8 heteroatoms. The summed E-state index contributed by atoms with van der Waals surface area (Å²) in [6.07, 6.45) is 1.33. The average Bonchev–Trinajstić information content (AvgIpc) is 2.49. The fourth-order valence-electron chi connectivity index (χ4n) is 1.23. The van der Waals surface area contributed by atoms with Crippen LogP contribution in [0.1, 0.15) is 5.56 Å². The van der Waals surface area contributed by atoms with Crippen LogP contribution in [0, 0.1) is 0 Å². The molecule has 118 valence electrons. The van der Waals surface area contributed by atoms with Crippen LogP contribution in [0.25, 0.3) is 6.08 Å². The molecule has 0 aromatic heterocycles.